The van der Waals surface area contributed by atoms with Crippen LogP contribution in [-0.4, -0.2) is 35.7 Å². The maximum Gasteiger partial charge on any atom is 0.0717 e. The fourth-order valence-electron chi connectivity index (χ4n) is 6.23. The van der Waals surface area contributed by atoms with Gasteiger partial charge in [0, 0.05) is 12.0 Å². The molecule has 0 spiro atoms. The lowest BCUT2D eigenvalue weighted by Crippen LogP contribution is -2.44. The van der Waals surface area contributed by atoms with Gasteiger partial charge in [-0.3, -0.25) is 0 Å². The summed E-state index contributed by atoms with van der Waals surface area (Å²) in [5.74, 6) is 1.11. The van der Waals surface area contributed by atoms with Gasteiger partial charge in [0.2, 0.25) is 0 Å². The van der Waals surface area contributed by atoms with Crippen LogP contribution in [0.15, 0.2) is 91.0 Å². The third kappa shape index (κ3) is 4.27. The van der Waals surface area contributed by atoms with Crippen LogP contribution in [0.4, 0.5) is 0 Å². The standard InChI is InChI=1S/C30H35NO/c32-29-26(23-31-20-17-25(18-21-31)22-24-10-4-1-5-11-24)16-19-30(29,27-12-6-2-7-13-27)28-14-8-3-9-15-28/h1-15,25-26,29,32H,16-23H2/t26-,29-/m1/s1. The maximum atomic E-state index is 11.8. The third-order valence-corrected chi connectivity index (χ3v) is 8.01. The first-order chi connectivity index (χ1) is 15.8. The minimum absolute atomic E-state index is 0.293. The SMILES string of the molecule is O[C@@H]1[C@@H](CN2CCC(Cc3ccccc3)CC2)CCC1(c1ccccc1)c1ccccc1. The molecule has 2 atom stereocenters. The van der Waals surface area contributed by atoms with Crippen LogP contribution < -0.4 is 0 Å². The Morgan fingerprint density at radius 2 is 1.25 bits per heavy atom. The predicted molar refractivity (Wildman–Crippen MR) is 132 cm³/mol. The van der Waals surface area contributed by atoms with Gasteiger partial charge < -0.3 is 10.0 Å². The molecular weight excluding hydrogens is 390 g/mol. The molecule has 2 fully saturated rings. The quantitative estimate of drug-likeness (QED) is 0.548. The molecule has 5 rings (SSSR count). The van der Waals surface area contributed by atoms with E-state index in [1.165, 1.54) is 36.0 Å². The van der Waals surface area contributed by atoms with Crippen molar-refractivity contribution in [3.05, 3.63) is 108 Å². The van der Waals surface area contributed by atoms with Crippen molar-refractivity contribution in [3.8, 4) is 0 Å². The van der Waals surface area contributed by atoms with Gasteiger partial charge in [-0.05, 0) is 73.7 Å². The molecule has 2 aliphatic rings. The molecule has 0 amide bonds. The zero-order valence-corrected chi connectivity index (χ0v) is 18.9. The van der Waals surface area contributed by atoms with E-state index in [1.54, 1.807) is 0 Å². The van der Waals surface area contributed by atoms with Gasteiger partial charge in [0.15, 0.2) is 0 Å². The Balaban J connectivity index is 1.26. The largest absolute Gasteiger partial charge is 0.392 e. The van der Waals surface area contributed by atoms with Crippen LogP contribution in [0.3, 0.4) is 0 Å². The molecule has 3 aromatic rings. The Labute approximate surface area is 192 Å². The van der Waals surface area contributed by atoms with Gasteiger partial charge in [-0.15, -0.1) is 0 Å². The highest BCUT2D eigenvalue weighted by Crippen LogP contribution is 2.49. The smallest absolute Gasteiger partial charge is 0.0717 e. The lowest BCUT2D eigenvalue weighted by molar-refractivity contribution is 0.0580. The van der Waals surface area contributed by atoms with Crippen molar-refractivity contribution in [3.63, 3.8) is 0 Å². The Hall–Kier alpha value is -2.42. The number of aliphatic hydroxyl groups is 1. The molecule has 32 heavy (non-hydrogen) atoms. The van der Waals surface area contributed by atoms with Crippen LogP contribution in [0, 0.1) is 11.8 Å². The minimum atomic E-state index is -0.352. The van der Waals surface area contributed by atoms with Crippen LogP contribution in [0.25, 0.3) is 0 Å². The van der Waals surface area contributed by atoms with Crippen LogP contribution in [0.1, 0.15) is 42.4 Å². The molecule has 1 aliphatic heterocycles. The molecule has 2 heteroatoms. The minimum Gasteiger partial charge on any atom is -0.392 e. The molecule has 166 valence electrons. The molecular formula is C30H35NO. The second-order valence-electron chi connectivity index (χ2n) is 9.88. The highest BCUT2D eigenvalue weighted by Gasteiger charge is 2.50. The van der Waals surface area contributed by atoms with Crippen molar-refractivity contribution in [1.82, 2.24) is 4.90 Å². The topological polar surface area (TPSA) is 23.5 Å². The van der Waals surface area contributed by atoms with Crippen molar-refractivity contribution in [2.45, 2.75) is 43.6 Å². The molecule has 1 saturated carbocycles. The molecule has 1 heterocycles. The summed E-state index contributed by atoms with van der Waals surface area (Å²) >= 11 is 0. The summed E-state index contributed by atoms with van der Waals surface area (Å²) in [6.45, 7) is 3.33. The van der Waals surface area contributed by atoms with E-state index in [1.807, 2.05) is 0 Å². The Morgan fingerprint density at radius 3 is 1.81 bits per heavy atom. The fourth-order valence-corrected chi connectivity index (χ4v) is 6.23. The van der Waals surface area contributed by atoms with Crippen molar-refractivity contribution in [2.24, 2.45) is 11.8 Å². The van der Waals surface area contributed by atoms with Crippen molar-refractivity contribution in [2.75, 3.05) is 19.6 Å². The summed E-state index contributed by atoms with van der Waals surface area (Å²) in [5.41, 5.74) is 3.68. The zero-order chi connectivity index (χ0) is 21.8. The van der Waals surface area contributed by atoms with E-state index >= 15 is 0 Å². The molecule has 1 saturated heterocycles. The summed E-state index contributed by atoms with van der Waals surface area (Å²) in [7, 11) is 0. The molecule has 0 unspecified atom stereocenters. The summed E-state index contributed by atoms with van der Waals surface area (Å²) in [6, 6.07) is 32.3. The molecule has 3 aromatic carbocycles. The van der Waals surface area contributed by atoms with E-state index < -0.39 is 0 Å². The summed E-state index contributed by atoms with van der Waals surface area (Å²) in [6.07, 6.45) is 5.47. The highest BCUT2D eigenvalue weighted by atomic mass is 16.3. The Kier molecular flexibility index (Phi) is 6.43. The third-order valence-electron chi connectivity index (χ3n) is 8.01. The average molecular weight is 426 g/mol. The average Bonchev–Trinajstić information content (AvgIpc) is 3.19. The van der Waals surface area contributed by atoms with Crippen molar-refractivity contribution >= 4 is 0 Å². The van der Waals surface area contributed by atoms with E-state index in [-0.39, 0.29) is 11.5 Å². The van der Waals surface area contributed by atoms with Gasteiger partial charge in [0.25, 0.3) is 0 Å². The Morgan fingerprint density at radius 1 is 0.719 bits per heavy atom. The summed E-state index contributed by atoms with van der Waals surface area (Å²) < 4.78 is 0. The van der Waals surface area contributed by atoms with Crippen molar-refractivity contribution < 1.29 is 5.11 Å². The molecule has 1 aliphatic carbocycles. The highest BCUT2D eigenvalue weighted by molar-refractivity contribution is 5.42. The first-order valence-electron chi connectivity index (χ1n) is 12.3. The zero-order valence-electron chi connectivity index (χ0n) is 18.9. The number of hydrogen-bond donors (Lipinski definition) is 1. The van der Waals surface area contributed by atoms with Crippen molar-refractivity contribution in [1.29, 1.82) is 0 Å². The first kappa shape index (κ1) is 21.4. The molecule has 0 bridgehead atoms. The first-order valence-corrected chi connectivity index (χ1v) is 12.3. The van der Waals surface area contributed by atoms with Crippen LogP contribution in [0.5, 0.6) is 0 Å². The van der Waals surface area contributed by atoms with Crippen LogP contribution >= 0.6 is 0 Å². The van der Waals surface area contributed by atoms with Crippen LogP contribution in [0.2, 0.25) is 0 Å². The van der Waals surface area contributed by atoms with Gasteiger partial charge >= 0.3 is 0 Å². The number of likely N-dealkylation sites (tertiary alicyclic amines) is 1. The lowest BCUT2D eigenvalue weighted by atomic mass is 9.71. The number of hydrogen-bond acceptors (Lipinski definition) is 2. The van der Waals surface area contributed by atoms with E-state index in [9.17, 15) is 5.11 Å². The van der Waals surface area contributed by atoms with Gasteiger partial charge in [0.05, 0.1) is 6.10 Å². The normalized spacial score (nSPS) is 23.9. The van der Waals surface area contributed by atoms with Gasteiger partial charge in [-0.2, -0.15) is 0 Å². The van der Waals surface area contributed by atoms with Gasteiger partial charge in [-0.1, -0.05) is 91.0 Å². The van der Waals surface area contributed by atoms with E-state index in [0.717, 1.165) is 38.4 Å². The van der Waals surface area contributed by atoms with Gasteiger partial charge in [-0.25, -0.2) is 0 Å². The predicted octanol–water partition coefficient (Wildman–Crippen LogP) is 5.70. The van der Waals surface area contributed by atoms with E-state index in [4.69, 9.17) is 0 Å². The number of nitrogens with zero attached hydrogens (tertiary/aromatic N) is 1. The second kappa shape index (κ2) is 9.60. The number of aliphatic hydroxyl groups excluding tert-OH is 1. The second-order valence-corrected chi connectivity index (χ2v) is 9.88. The molecule has 2 nitrogen and oxygen atoms in total. The Bertz CT molecular complexity index is 924. The van der Waals surface area contributed by atoms with E-state index in [2.05, 4.69) is 95.9 Å². The number of benzene rings is 3. The summed E-state index contributed by atoms with van der Waals surface area (Å²) in [4.78, 5) is 2.61. The number of rotatable bonds is 6. The molecule has 1 N–H and O–H groups in total. The maximum absolute atomic E-state index is 11.8. The van der Waals surface area contributed by atoms with E-state index in [0.29, 0.717) is 5.92 Å². The monoisotopic (exact) mass is 425 g/mol. The summed E-state index contributed by atoms with van der Waals surface area (Å²) in [5, 5.41) is 11.8. The van der Waals surface area contributed by atoms with Gasteiger partial charge in [0.1, 0.15) is 0 Å². The fraction of sp³-hybridized carbons (Fsp3) is 0.400. The van der Waals surface area contributed by atoms with Crippen LogP contribution in [-0.2, 0) is 11.8 Å². The molecule has 0 radical (unpaired) electrons. The molecule has 0 aromatic heterocycles. The number of piperidine rings is 1. The lowest BCUT2D eigenvalue weighted by Gasteiger charge is -2.38.